The Morgan fingerprint density at radius 3 is 2.50 bits per heavy atom. The van der Waals surface area contributed by atoms with Gasteiger partial charge in [-0.25, -0.2) is 9.31 Å². The molecule has 1 saturated carbocycles. The smallest absolute Gasteiger partial charge is 0.433 e. The fourth-order valence-corrected chi connectivity index (χ4v) is 2.43. The van der Waals surface area contributed by atoms with Gasteiger partial charge in [-0.2, -0.15) is 18.3 Å². The molecular weight excluding hydrogens is 301 g/mol. The molecule has 2 aromatic rings. The van der Waals surface area contributed by atoms with E-state index >= 15 is 0 Å². The van der Waals surface area contributed by atoms with Crippen molar-refractivity contribution in [1.29, 1.82) is 0 Å². The van der Waals surface area contributed by atoms with E-state index in [1.807, 2.05) is 0 Å². The summed E-state index contributed by atoms with van der Waals surface area (Å²) in [5.74, 6) is -0.742. The van der Waals surface area contributed by atoms with Crippen LogP contribution in [0.3, 0.4) is 0 Å². The summed E-state index contributed by atoms with van der Waals surface area (Å²) in [4.78, 5) is 11.7. The van der Waals surface area contributed by atoms with Crippen LogP contribution in [-0.4, -0.2) is 29.8 Å². The number of carbonyl (C=O) groups excluding carboxylic acids is 1. The highest BCUT2D eigenvalue weighted by molar-refractivity contribution is 5.93. The van der Waals surface area contributed by atoms with Gasteiger partial charge in [0.25, 0.3) is 0 Å². The molecule has 1 aliphatic rings. The second-order valence-electron chi connectivity index (χ2n) is 5.12. The van der Waals surface area contributed by atoms with Crippen LogP contribution in [0.4, 0.5) is 13.2 Å². The summed E-state index contributed by atoms with van der Waals surface area (Å²) >= 11 is 0. The van der Waals surface area contributed by atoms with Crippen LogP contribution in [0.1, 0.15) is 40.5 Å². The lowest BCUT2D eigenvalue weighted by Crippen LogP contribution is -2.13. The molecule has 22 heavy (non-hydrogen) atoms. The molecule has 0 unspecified atom stereocenters. The summed E-state index contributed by atoms with van der Waals surface area (Å²) in [5.41, 5.74) is -0.516. The van der Waals surface area contributed by atoms with Crippen LogP contribution in [0.2, 0.25) is 0 Å². The maximum absolute atomic E-state index is 13.3. The first-order chi connectivity index (χ1) is 10.4. The van der Waals surface area contributed by atoms with Crippen molar-refractivity contribution in [2.45, 2.75) is 24.9 Å². The minimum Gasteiger partial charge on any atom is -0.492 e. The highest BCUT2D eigenvalue weighted by Gasteiger charge is 2.38. The summed E-state index contributed by atoms with van der Waals surface area (Å²) < 4.78 is 50.2. The Bertz CT molecular complexity index is 748. The van der Waals surface area contributed by atoms with Gasteiger partial charge in [0, 0.05) is 0 Å². The van der Waals surface area contributed by atoms with E-state index in [4.69, 9.17) is 4.74 Å². The standard InChI is InChI=1S/C14H13F3N2O3/c1-21-12-9-5-8(7-3-4-7)6-10(14(15,16)17)19(9)18-11(12)13(20)22-2/h5-7H,3-4H2,1-2H3. The van der Waals surface area contributed by atoms with Gasteiger partial charge in [0.1, 0.15) is 11.2 Å². The van der Waals surface area contributed by atoms with Gasteiger partial charge >= 0.3 is 12.1 Å². The molecule has 0 aromatic carbocycles. The third kappa shape index (κ3) is 2.28. The predicted molar refractivity (Wildman–Crippen MR) is 70.1 cm³/mol. The maximum atomic E-state index is 13.3. The Labute approximate surface area is 123 Å². The van der Waals surface area contributed by atoms with E-state index in [9.17, 15) is 18.0 Å². The molecule has 0 radical (unpaired) electrons. The molecule has 0 amide bonds. The number of pyridine rings is 1. The lowest BCUT2D eigenvalue weighted by molar-refractivity contribution is -0.142. The number of hydrogen-bond donors (Lipinski definition) is 0. The lowest BCUT2D eigenvalue weighted by atomic mass is 10.1. The normalized spacial score (nSPS) is 15.1. The Morgan fingerprint density at radius 2 is 2.00 bits per heavy atom. The number of alkyl halides is 3. The first-order valence-corrected chi connectivity index (χ1v) is 6.63. The zero-order valence-corrected chi connectivity index (χ0v) is 11.9. The van der Waals surface area contributed by atoms with Gasteiger partial charge in [0.05, 0.1) is 14.2 Å². The first-order valence-electron chi connectivity index (χ1n) is 6.63. The SMILES string of the molecule is COC(=O)c1nn2c(C(F)(F)F)cc(C3CC3)cc2c1OC. The van der Waals surface area contributed by atoms with Crippen LogP contribution in [-0.2, 0) is 10.9 Å². The van der Waals surface area contributed by atoms with Crippen molar-refractivity contribution in [3.05, 3.63) is 29.1 Å². The zero-order chi connectivity index (χ0) is 16.1. The van der Waals surface area contributed by atoms with Crippen molar-refractivity contribution < 1.29 is 27.4 Å². The molecular formula is C14H13F3N2O3. The molecule has 2 aromatic heterocycles. The Balaban J connectivity index is 2.33. The van der Waals surface area contributed by atoms with Gasteiger partial charge < -0.3 is 9.47 Å². The number of aromatic nitrogens is 2. The lowest BCUT2D eigenvalue weighted by Gasteiger charge is -2.11. The second kappa shape index (κ2) is 4.89. The quantitative estimate of drug-likeness (QED) is 0.817. The Morgan fingerprint density at radius 1 is 1.32 bits per heavy atom. The predicted octanol–water partition coefficient (Wildman–Crippen LogP) is 3.03. The van der Waals surface area contributed by atoms with Gasteiger partial charge in [-0.1, -0.05) is 0 Å². The van der Waals surface area contributed by atoms with Crippen molar-refractivity contribution in [2.24, 2.45) is 0 Å². The average Bonchev–Trinajstić information content (AvgIpc) is 3.25. The summed E-state index contributed by atoms with van der Waals surface area (Å²) in [6.07, 6.45) is -2.88. The van der Waals surface area contributed by atoms with Crippen LogP contribution in [0.5, 0.6) is 5.75 Å². The van der Waals surface area contributed by atoms with E-state index in [1.165, 1.54) is 7.11 Å². The van der Waals surface area contributed by atoms with Crippen molar-refractivity contribution in [2.75, 3.05) is 14.2 Å². The Kier molecular flexibility index (Phi) is 3.26. The topological polar surface area (TPSA) is 52.8 Å². The highest BCUT2D eigenvalue weighted by atomic mass is 19.4. The molecule has 5 nitrogen and oxygen atoms in total. The molecule has 0 N–H and O–H groups in total. The number of carbonyl (C=O) groups is 1. The third-order valence-corrected chi connectivity index (χ3v) is 3.63. The summed E-state index contributed by atoms with van der Waals surface area (Å²) in [5, 5.41) is 3.74. The average molecular weight is 314 g/mol. The van der Waals surface area contributed by atoms with E-state index in [2.05, 4.69) is 9.84 Å². The summed E-state index contributed by atoms with van der Waals surface area (Å²) in [6.45, 7) is 0. The van der Waals surface area contributed by atoms with Crippen molar-refractivity contribution >= 4 is 11.5 Å². The number of halogens is 3. The number of hydrogen-bond acceptors (Lipinski definition) is 4. The number of esters is 1. The number of nitrogens with zero attached hydrogens (tertiary/aromatic N) is 2. The van der Waals surface area contributed by atoms with Crippen LogP contribution in [0.25, 0.3) is 5.52 Å². The van der Waals surface area contributed by atoms with E-state index in [0.29, 0.717) is 10.1 Å². The van der Waals surface area contributed by atoms with Crippen LogP contribution >= 0.6 is 0 Å². The fourth-order valence-electron chi connectivity index (χ4n) is 2.43. The molecule has 0 spiro atoms. The van der Waals surface area contributed by atoms with E-state index in [-0.39, 0.29) is 22.9 Å². The van der Waals surface area contributed by atoms with Crippen LogP contribution in [0.15, 0.2) is 12.1 Å². The van der Waals surface area contributed by atoms with E-state index in [0.717, 1.165) is 26.0 Å². The van der Waals surface area contributed by atoms with Crippen molar-refractivity contribution in [3.63, 3.8) is 0 Å². The van der Waals surface area contributed by atoms with Gasteiger partial charge in [0.2, 0.25) is 5.69 Å². The number of methoxy groups -OCH3 is 2. The number of rotatable bonds is 3. The Hall–Kier alpha value is -2.25. The van der Waals surface area contributed by atoms with Crippen LogP contribution in [0, 0.1) is 0 Å². The van der Waals surface area contributed by atoms with Crippen LogP contribution < -0.4 is 4.74 Å². The third-order valence-electron chi connectivity index (χ3n) is 3.63. The second-order valence-corrected chi connectivity index (χ2v) is 5.12. The molecule has 1 aliphatic carbocycles. The van der Waals surface area contributed by atoms with Gasteiger partial charge in [-0.15, -0.1) is 0 Å². The van der Waals surface area contributed by atoms with Gasteiger partial charge in [0.15, 0.2) is 5.75 Å². The van der Waals surface area contributed by atoms with Gasteiger partial charge in [-0.3, -0.25) is 0 Å². The van der Waals surface area contributed by atoms with E-state index < -0.39 is 17.8 Å². The maximum Gasteiger partial charge on any atom is 0.433 e. The summed E-state index contributed by atoms with van der Waals surface area (Å²) in [6, 6.07) is 2.67. The molecule has 8 heteroatoms. The molecule has 0 aliphatic heterocycles. The molecule has 0 atom stereocenters. The fraction of sp³-hybridized carbons (Fsp3) is 0.429. The molecule has 118 valence electrons. The molecule has 0 saturated heterocycles. The first kappa shape index (κ1) is 14.7. The summed E-state index contributed by atoms with van der Waals surface area (Å²) in [7, 11) is 2.41. The highest BCUT2D eigenvalue weighted by Crippen LogP contribution is 2.43. The van der Waals surface area contributed by atoms with Gasteiger partial charge in [-0.05, 0) is 36.5 Å². The minimum absolute atomic E-state index is 0.0140. The number of fused-ring (bicyclic) bond motifs is 1. The zero-order valence-electron chi connectivity index (χ0n) is 11.9. The van der Waals surface area contributed by atoms with Crippen molar-refractivity contribution in [3.8, 4) is 5.75 Å². The number of ether oxygens (including phenoxy) is 2. The monoisotopic (exact) mass is 314 g/mol. The molecule has 1 fully saturated rings. The molecule has 2 heterocycles. The van der Waals surface area contributed by atoms with E-state index in [1.54, 1.807) is 6.07 Å². The largest absolute Gasteiger partial charge is 0.492 e. The van der Waals surface area contributed by atoms with Crippen molar-refractivity contribution in [1.82, 2.24) is 9.61 Å². The minimum atomic E-state index is -4.59. The molecule has 3 rings (SSSR count). The molecule has 0 bridgehead atoms.